The lowest BCUT2D eigenvalue weighted by molar-refractivity contribution is -0.0340. The van der Waals surface area contributed by atoms with Gasteiger partial charge in [0.05, 0.1) is 17.2 Å². The van der Waals surface area contributed by atoms with Crippen LogP contribution in [0.2, 0.25) is 0 Å². The molecular formula is C17H15NO. The molecule has 0 N–H and O–H groups in total. The zero-order valence-corrected chi connectivity index (χ0v) is 11.1. The monoisotopic (exact) mass is 249 g/mol. The van der Waals surface area contributed by atoms with Crippen LogP contribution >= 0.6 is 0 Å². The Morgan fingerprint density at radius 2 is 1.74 bits per heavy atom. The highest BCUT2D eigenvalue weighted by atomic mass is 16.5. The Kier molecular flexibility index (Phi) is 2.66. The van der Waals surface area contributed by atoms with Crippen molar-refractivity contribution in [1.29, 1.82) is 5.26 Å². The standard InChI is InChI=1S/C17H15NO/c1-17(2)15-6-4-3-5-14(15)16(19-17)13-9-7-12(11-18)8-10-13/h3-10,16H,1-2H3/t16-/m1/s1. The van der Waals surface area contributed by atoms with E-state index < -0.39 is 0 Å². The third kappa shape index (κ3) is 1.93. The number of nitriles is 1. The molecule has 2 nitrogen and oxygen atoms in total. The molecule has 0 spiro atoms. The van der Waals surface area contributed by atoms with E-state index in [1.807, 2.05) is 36.4 Å². The van der Waals surface area contributed by atoms with E-state index in [2.05, 4.69) is 32.0 Å². The van der Waals surface area contributed by atoms with Crippen molar-refractivity contribution in [2.75, 3.05) is 0 Å². The maximum absolute atomic E-state index is 8.85. The molecule has 1 heterocycles. The van der Waals surface area contributed by atoms with Gasteiger partial charge in [-0.3, -0.25) is 0 Å². The van der Waals surface area contributed by atoms with Crippen molar-refractivity contribution < 1.29 is 4.74 Å². The normalized spacial score (nSPS) is 19.7. The molecule has 0 aromatic heterocycles. The van der Waals surface area contributed by atoms with Gasteiger partial charge in [-0.1, -0.05) is 36.4 Å². The minimum absolute atomic E-state index is 0.0426. The molecule has 0 saturated heterocycles. The van der Waals surface area contributed by atoms with Gasteiger partial charge in [-0.05, 0) is 42.7 Å². The number of hydrogen-bond donors (Lipinski definition) is 0. The molecule has 1 aliphatic rings. The zero-order valence-electron chi connectivity index (χ0n) is 11.1. The van der Waals surface area contributed by atoms with Gasteiger partial charge in [0, 0.05) is 0 Å². The van der Waals surface area contributed by atoms with Gasteiger partial charge in [0.25, 0.3) is 0 Å². The Bertz CT molecular complexity index is 650. The average molecular weight is 249 g/mol. The van der Waals surface area contributed by atoms with Crippen LogP contribution in [0.15, 0.2) is 48.5 Å². The first-order chi connectivity index (χ1) is 9.12. The van der Waals surface area contributed by atoms with Crippen molar-refractivity contribution in [2.24, 2.45) is 0 Å². The minimum Gasteiger partial charge on any atom is -0.358 e. The molecule has 0 saturated carbocycles. The lowest BCUT2D eigenvalue weighted by atomic mass is 9.93. The molecule has 0 unspecified atom stereocenters. The van der Waals surface area contributed by atoms with Crippen molar-refractivity contribution in [3.05, 3.63) is 70.8 Å². The Labute approximate surface area is 113 Å². The van der Waals surface area contributed by atoms with Gasteiger partial charge in [0.15, 0.2) is 0 Å². The van der Waals surface area contributed by atoms with Crippen molar-refractivity contribution >= 4 is 0 Å². The van der Waals surface area contributed by atoms with Crippen LogP contribution in [0.4, 0.5) is 0 Å². The largest absolute Gasteiger partial charge is 0.358 e. The van der Waals surface area contributed by atoms with E-state index >= 15 is 0 Å². The Morgan fingerprint density at radius 1 is 1.05 bits per heavy atom. The molecule has 0 aliphatic carbocycles. The first kappa shape index (κ1) is 12.0. The van der Waals surface area contributed by atoms with Gasteiger partial charge in [0.2, 0.25) is 0 Å². The first-order valence-corrected chi connectivity index (χ1v) is 6.39. The van der Waals surface area contributed by atoms with Crippen molar-refractivity contribution in [3.8, 4) is 6.07 Å². The van der Waals surface area contributed by atoms with E-state index in [1.165, 1.54) is 11.1 Å². The van der Waals surface area contributed by atoms with Gasteiger partial charge in [-0.15, -0.1) is 0 Å². The Morgan fingerprint density at radius 3 is 2.42 bits per heavy atom. The summed E-state index contributed by atoms with van der Waals surface area (Å²) in [6.07, 6.45) is -0.0426. The number of fused-ring (bicyclic) bond motifs is 1. The summed E-state index contributed by atoms with van der Waals surface area (Å²) in [4.78, 5) is 0. The molecule has 19 heavy (non-hydrogen) atoms. The van der Waals surface area contributed by atoms with E-state index in [1.54, 1.807) is 0 Å². The molecule has 2 aromatic carbocycles. The highest BCUT2D eigenvalue weighted by Crippen LogP contribution is 2.45. The SMILES string of the molecule is CC1(C)O[C@H](c2ccc(C#N)cc2)c2ccccc21. The molecule has 0 bridgehead atoms. The molecule has 1 aliphatic heterocycles. The minimum atomic E-state index is -0.269. The quantitative estimate of drug-likeness (QED) is 0.767. The molecule has 2 heteroatoms. The predicted molar refractivity (Wildman–Crippen MR) is 73.6 cm³/mol. The van der Waals surface area contributed by atoms with Crippen molar-refractivity contribution in [1.82, 2.24) is 0 Å². The van der Waals surface area contributed by atoms with Crippen LogP contribution in [0, 0.1) is 11.3 Å². The van der Waals surface area contributed by atoms with Crippen molar-refractivity contribution in [2.45, 2.75) is 25.6 Å². The van der Waals surface area contributed by atoms with E-state index in [0.29, 0.717) is 5.56 Å². The van der Waals surface area contributed by atoms with Crippen molar-refractivity contribution in [3.63, 3.8) is 0 Å². The number of hydrogen-bond acceptors (Lipinski definition) is 2. The van der Waals surface area contributed by atoms with Gasteiger partial charge in [0.1, 0.15) is 6.10 Å². The summed E-state index contributed by atoms with van der Waals surface area (Å²) in [6.45, 7) is 4.19. The highest BCUT2D eigenvalue weighted by molar-refractivity contribution is 5.44. The molecule has 94 valence electrons. The molecule has 0 amide bonds. The number of benzene rings is 2. The van der Waals surface area contributed by atoms with Gasteiger partial charge < -0.3 is 4.74 Å². The van der Waals surface area contributed by atoms with Crippen LogP contribution < -0.4 is 0 Å². The second-order valence-electron chi connectivity index (χ2n) is 5.33. The van der Waals surface area contributed by atoms with Crippen LogP contribution in [0.5, 0.6) is 0 Å². The van der Waals surface area contributed by atoms with Gasteiger partial charge in [-0.2, -0.15) is 5.26 Å². The number of ether oxygens (including phenoxy) is 1. The van der Waals surface area contributed by atoms with Crippen LogP contribution in [0.1, 0.15) is 42.2 Å². The second kappa shape index (κ2) is 4.22. The molecule has 3 rings (SSSR count). The average Bonchev–Trinajstić information content (AvgIpc) is 2.72. The summed E-state index contributed by atoms with van der Waals surface area (Å²) in [7, 11) is 0. The van der Waals surface area contributed by atoms with E-state index in [9.17, 15) is 0 Å². The zero-order chi connectivity index (χ0) is 13.5. The topological polar surface area (TPSA) is 33.0 Å². The van der Waals surface area contributed by atoms with Crippen LogP contribution in [0.3, 0.4) is 0 Å². The number of rotatable bonds is 1. The smallest absolute Gasteiger partial charge is 0.109 e. The maximum Gasteiger partial charge on any atom is 0.109 e. The first-order valence-electron chi connectivity index (χ1n) is 6.39. The van der Waals surface area contributed by atoms with Crippen LogP contribution in [0.25, 0.3) is 0 Å². The van der Waals surface area contributed by atoms with E-state index in [4.69, 9.17) is 10.00 Å². The Balaban J connectivity index is 2.06. The van der Waals surface area contributed by atoms with Gasteiger partial charge >= 0.3 is 0 Å². The molecule has 1 atom stereocenters. The fourth-order valence-electron chi connectivity index (χ4n) is 2.68. The second-order valence-corrected chi connectivity index (χ2v) is 5.33. The maximum atomic E-state index is 8.85. The number of nitrogens with zero attached hydrogens (tertiary/aromatic N) is 1. The predicted octanol–water partition coefficient (Wildman–Crippen LogP) is 3.91. The summed E-state index contributed by atoms with van der Waals surface area (Å²) in [6, 6.07) is 18.1. The van der Waals surface area contributed by atoms with E-state index in [-0.39, 0.29) is 11.7 Å². The lowest BCUT2D eigenvalue weighted by Gasteiger charge is -2.20. The van der Waals surface area contributed by atoms with Crippen LogP contribution in [-0.2, 0) is 10.3 Å². The summed E-state index contributed by atoms with van der Waals surface area (Å²) in [5, 5.41) is 8.85. The molecular weight excluding hydrogens is 234 g/mol. The summed E-state index contributed by atoms with van der Waals surface area (Å²) >= 11 is 0. The lowest BCUT2D eigenvalue weighted by Crippen LogP contribution is -2.15. The molecule has 0 fully saturated rings. The van der Waals surface area contributed by atoms with Crippen LogP contribution in [-0.4, -0.2) is 0 Å². The van der Waals surface area contributed by atoms with Gasteiger partial charge in [-0.25, -0.2) is 0 Å². The van der Waals surface area contributed by atoms with E-state index in [0.717, 1.165) is 5.56 Å². The summed E-state index contributed by atoms with van der Waals surface area (Å²) in [5.74, 6) is 0. The highest BCUT2D eigenvalue weighted by Gasteiger charge is 2.37. The fourth-order valence-corrected chi connectivity index (χ4v) is 2.68. The Hall–Kier alpha value is -2.11. The molecule has 2 aromatic rings. The third-order valence-electron chi connectivity index (χ3n) is 3.65. The summed E-state index contributed by atoms with van der Waals surface area (Å²) in [5.41, 5.74) is 3.96. The fraction of sp³-hybridized carbons (Fsp3) is 0.235. The molecule has 0 radical (unpaired) electrons. The summed E-state index contributed by atoms with van der Waals surface area (Å²) < 4.78 is 6.20. The third-order valence-corrected chi connectivity index (χ3v) is 3.65.